The molecule has 0 saturated heterocycles. The topological polar surface area (TPSA) is 26.0 Å². The summed E-state index contributed by atoms with van der Waals surface area (Å²) in [5.41, 5.74) is 7.17. The molecule has 82 valence electrons. The Bertz CT molecular complexity index is 266. The van der Waals surface area contributed by atoms with Crippen LogP contribution in [0.15, 0.2) is 43.0 Å². The first-order valence-corrected chi connectivity index (χ1v) is 5.74. The predicted octanol–water partition coefficient (Wildman–Crippen LogP) is 3.48. The van der Waals surface area contributed by atoms with Gasteiger partial charge in [0.25, 0.3) is 0 Å². The van der Waals surface area contributed by atoms with E-state index in [-0.39, 0.29) is 0 Å². The van der Waals surface area contributed by atoms with Gasteiger partial charge in [0, 0.05) is 0 Å². The van der Waals surface area contributed by atoms with Crippen molar-refractivity contribution in [1.82, 2.24) is 0 Å². The molecule has 0 heterocycles. The zero-order chi connectivity index (χ0) is 10.9. The van der Waals surface area contributed by atoms with Crippen molar-refractivity contribution in [2.75, 3.05) is 6.54 Å². The van der Waals surface area contributed by atoms with Crippen LogP contribution in [0.4, 0.5) is 0 Å². The zero-order valence-electron chi connectivity index (χ0n) is 9.36. The molecule has 0 radical (unpaired) electrons. The van der Waals surface area contributed by atoms with Crippen LogP contribution in [0.1, 0.15) is 37.2 Å². The van der Waals surface area contributed by atoms with Gasteiger partial charge in [-0.15, -0.1) is 6.58 Å². The summed E-state index contributed by atoms with van der Waals surface area (Å²) < 4.78 is 0. The van der Waals surface area contributed by atoms with E-state index in [9.17, 15) is 0 Å². The molecule has 1 heteroatoms. The average Bonchev–Trinajstić information content (AvgIpc) is 2.30. The number of benzene rings is 1. The SMILES string of the molecule is C=CCCCCC(CN)c1ccccc1. The zero-order valence-corrected chi connectivity index (χ0v) is 9.36. The van der Waals surface area contributed by atoms with Crippen LogP contribution >= 0.6 is 0 Å². The minimum Gasteiger partial charge on any atom is -0.330 e. The number of hydrogen-bond donors (Lipinski definition) is 1. The normalized spacial score (nSPS) is 12.3. The standard InChI is InChI=1S/C14H21N/c1-2-3-4-6-11-14(12-15)13-9-7-5-8-10-13/h2,5,7-10,14H,1,3-4,6,11-12,15H2. The Morgan fingerprint density at radius 3 is 2.53 bits per heavy atom. The summed E-state index contributed by atoms with van der Waals surface area (Å²) in [6, 6.07) is 10.6. The summed E-state index contributed by atoms with van der Waals surface area (Å²) in [6.07, 6.45) is 6.76. The van der Waals surface area contributed by atoms with Crippen LogP contribution in [0.25, 0.3) is 0 Å². The highest BCUT2D eigenvalue weighted by Crippen LogP contribution is 2.20. The lowest BCUT2D eigenvalue weighted by atomic mass is 9.93. The minimum atomic E-state index is 0.524. The molecule has 15 heavy (non-hydrogen) atoms. The summed E-state index contributed by atoms with van der Waals surface area (Å²) in [6.45, 7) is 4.48. The Labute approximate surface area is 93.0 Å². The van der Waals surface area contributed by atoms with Gasteiger partial charge in [-0.3, -0.25) is 0 Å². The Balaban J connectivity index is 2.39. The summed E-state index contributed by atoms with van der Waals surface area (Å²) in [5.74, 6) is 0.524. The van der Waals surface area contributed by atoms with Gasteiger partial charge in [0.2, 0.25) is 0 Å². The maximum Gasteiger partial charge on any atom is -0.000824 e. The van der Waals surface area contributed by atoms with Crippen LogP contribution in [0.2, 0.25) is 0 Å². The summed E-state index contributed by atoms with van der Waals surface area (Å²) >= 11 is 0. The maximum atomic E-state index is 5.80. The molecule has 0 saturated carbocycles. The second-order valence-corrected chi connectivity index (χ2v) is 3.92. The first-order chi connectivity index (χ1) is 7.38. The molecule has 0 fully saturated rings. The molecule has 0 amide bonds. The van der Waals surface area contributed by atoms with Crippen LogP contribution < -0.4 is 5.73 Å². The third kappa shape index (κ3) is 4.30. The highest BCUT2D eigenvalue weighted by atomic mass is 14.5. The molecule has 0 aliphatic heterocycles. The van der Waals surface area contributed by atoms with Crippen molar-refractivity contribution in [1.29, 1.82) is 0 Å². The Kier molecular flexibility index (Phi) is 5.79. The van der Waals surface area contributed by atoms with Crippen molar-refractivity contribution in [2.24, 2.45) is 5.73 Å². The number of hydrogen-bond acceptors (Lipinski definition) is 1. The quantitative estimate of drug-likeness (QED) is 0.533. The first kappa shape index (κ1) is 12.0. The summed E-state index contributed by atoms with van der Waals surface area (Å²) in [4.78, 5) is 0. The molecule has 0 spiro atoms. The summed E-state index contributed by atoms with van der Waals surface area (Å²) in [5, 5.41) is 0. The van der Waals surface area contributed by atoms with Crippen molar-refractivity contribution in [2.45, 2.75) is 31.6 Å². The van der Waals surface area contributed by atoms with Crippen molar-refractivity contribution >= 4 is 0 Å². The molecule has 0 bridgehead atoms. The molecule has 2 N–H and O–H groups in total. The lowest BCUT2D eigenvalue weighted by molar-refractivity contribution is 0.580. The molecule has 1 aromatic carbocycles. The third-order valence-corrected chi connectivity index (χ3v) is 2.77. The van der Waals surface area contributed by atoms with E-state index in [1.165, 1.54) is 24.8 Å². The molecule has 1 nitrogen and oxygen atoms in total. The smallest absolute Gasteiger partial charge is 0.000824 e. The molecule has 0 aliphatic rings. The largest absolute Gasteiger partial charge is 0.330 e. The van der Waals surface area contributed by atoms with E-state index in [0.717, 1.165) is 13.0 Å². The molecule has 1 rings (SSSR count). The van der Waals surface area contributed by atoms with Gasteiger partial charge in [-0.25, -0.2) is 0 Å². The van der Waals surface area contributed by atoms with Crippen molar-refractivity contribution in [3.05, 3.63) is 48.6 Å². The fourth-order valence-electron chi connectivity index (χ4n) is 1.83. The van der Waals surface area contributed by atoms with Gasteiger partial charge < -0.3 is 5.73 Å². The molecule has 0 aromatic heterocycles. The fraction of sp³-hybridized carbons (Fsp3) is 0.429. The van der Waals surface area contributed by atoms with Gasteiger partial charge in [-0.05, 0) is 37.3 Å². The second kappa shape index (κ2) is 7.24. The number of nitrogens with two attached hydrogens (primary N) is 1. The molecular weight excluding hydrogens is 182 g/mol. The molecular formula is C14H21N. The van der Waals surface area contributed by atoms with Crippen LogP contribution in [0, 0.1) is 0 Å². The number of allylic oxidation sites excluding steroid dienone is 1. The van der Waals surface area contributed by atoms with Crippen LogP contribution in [-0.2, 0) is 0 Å². The predicted molar refractivity (Wildman–Crippen MR) is 66.9 cm³/mol. The average molecular weight is 203 g/mol. The van der Waals surface area contributed by atoms with E-state index in [0.29, 0.717) is 5.92 Å². The highest BCUT2D eigenvalue weighted by molar-refractivity contribution is 5.19. The monoisotopic (exact) mass is 203 g/mol. The van der Waals surface area contributed by atoms with Crippen molar-refractivity contribution < 1.29 is 0 Å². The number of rotatable bonds is 7. The van der Waals surface area contributed by atoms with Gasteiger partial charge in [-0.2, -0.15) is 0 Å². The molecule has 1 unspecified atom stereocenters. The van der Waals surface area contributed by atoms with Crippen molar-refractivity contribution in [3.8, 4) is 0 Å². The number of unbranched alkanes of at least 4 members (excludes halogenated alkanes) is 2. The molecule has 0 aliphatic carbocycles. The Hall–Kier alpha value is -1.08. The van der Waals surface area contributed by atoms with Gasteiger partial charge in [0.15, 0.2) is 0 Å². The highest BCUT2D eigenvalue weighted by Gasteiger charge is 2.07. The van der Waals surface area contributed by atoms with Crippen molar-refractivity contribution in [3.63, 3.8) is 0 Å². The first-order valence-electron chi connectivity index (χ1n) is 5.74. The van der Waals surface area contributed by atoms with Crippen LogP contribution in [-0.4, -0.2) is 6.54 Å². The van der Waals surface area contributed by atoms with E-state index in [4.69, 9.17) is 5.73 Å². The van der Waals surface area contributed by atoms with E-state index < -0.39 is 0 Å². The third-order valence-electron chi connectivity index (χ3n) is 2.77. The van der Waals surface area contributed by atoms with Gasteiger partial charge in [0.05, 0.1) is 0 Å². The summed E-state index contributed by atoms with van der Waals surface area (Å²) in [7, 11) is 0. The molecule has 1 atom stereocenters. The van der Waals surface area contributed by atoms with E-state index >= 15 is 0 Å². The minimum absolute atomic E-state index is 0.524. The maximum absolute atomic E-state index is 5.80. The lowest BCUT2D eigenvalue weighted by Crippen LogP contribution is -2.12. The van der Waals surface area contributed by atoms with Gasteiger partial charge in [-0.1, -0.05) is 42.8 Å². The Morgan fingerprint density at radius 1 is 1.20 bits per heavy atom. The van der Waals surface area contributed by atoms with Gasteiger partial charge >= 0.3 is 0 Å². The lowest BCUT2D eigenvalue weighted by Gasteiger charge is -2.14. The van der Waals surface area contributed by atoms with E-state index in [2.05, 4.69) is 36.9 Å². The van der Waals surface area contributed by atoms with E-state index in [1.54, 1.807) is 0 Å². The van der Waals surface area contributed by atoms with Gasteiger partial charge in [0.1, 0.15) is 0 Å². The fourth-order valence-corrected chi connectivity index (χ4v) is 1.83. The van der Waals surface area contributed by atoms with Crippen LogP contribution in [0.3, 0.4) is 0 Å². The van der Waals surface area contributed by atoms with E-state index in [1.807, 2.05) is 6.08 Å². The Morgan fingerprint density at radius 2 is 1.93 bits per heavy atom. The second-order valence-electron chi connectivity index (χ2n) is 3.92. The van der Waals surface area contributed by atoms with Crippen LogP contribution in [0.5, 0.6) is 0 Å². The molecule has 1 aromatic rings.